The summed E-state index contributed by atoms with van der Waals surface area (Å²) in [6, 6.07) is 5.82. The maximum absolute atomic E-state index is 12.5. The Kier molecular flexibility index (Phi) is 6.37. The van der Waals surface area contributed by atoms with E-state index < -0.39 is 15.8 Å². The van der Waals surface area contributed by atoms with Crippen molar-refractivity contribution in [1.29, 1.82) is 0 Å². The number of rotatable bonds is 8. The molecule has 1 aromatic carbocycles. The molecule has 0 aliphatic heterocycles. The molecule has 2 aromatic heterocycles. The monoisotopic (exact) mass is 466 g/mol. The van der Waals surface area contributed by atoms with Gasteiger partial charge in [-0.25, -0.2) is 12.7 Å². The Morgan fingerprint density at radius 2 is 1.91 bits per heavy atom. The van der Waals surface area contributed by atoms with Crippen molar-refractivity contribution in [2.24, 2.45) is 5.92 Å². The number of phenols is 1. The van der Waals surface area contributed by atoms with Gasteiger partial charge in [0.05, 0.1) is 5.69 Å². The average molecular weight is 467 g/mol. The molecule has 0 fully saturated rings. The van der Waals surface area contributed by atoms with Crippen molar-refractivity contribution in [3.05, 3.63) is 41.3 Å². The second kappa shape index (κ2) is 8.71. The van der Waals surface area contributed by atoms with Crippen LogP contribution in [0.25, 0.3) is 0 Å². The third-order valence-corrected chi connectivity index (χ3v) is 6.93. The van der Waals surface area contributed by atoms with Crippen LogP contribution in [0.5, 0.6) is 5.75 Å². The molecule has 11 nitrogen and oxygen atoms in total. The maximum Gasteiger partial charge on any atom is 0.367 e. The lowest BCUT2D eigenvalue weighted by Gasteiger charge is -2.17. The van der Waals surface area contributed by atoms with Crippen LogP contribution < -0.4 is 15.5 Å². The summed E-state index contributed by atoms with van der Waals surface area (Å²) in [5, 5.41) is 30.5. The lowest BCUT2D eigenvalue weighted by molar-refractivity contribution is -1.03. The summed E-state index contributed by atoms with van der Waals surface area (Å²) in [7, 11) is -1.14. The summed E-state index contributed by atoms with van der Waals surface area (Å²) in [5.41, 5.74) is 1.06. The molecule has 0 aliphatic carbocycles. The zero-order valence-electron chi connectivity index (χ0n) is 18.7. The molecule has 0 bridgehead atoms. The van der Waals surface area contributed by atoms with Gasteiger partial charge in [0.2, 0.25) is 10.0 Å². The number of aromatic nitrogens is 2. The van der Waals surface area contributed by atoms with Crippen LogP contribution in [0.4, 0.5) is 17.3 Å². The number of para-hydroxylation sites is 1. The van der Waals surface area contributed by atoms with Crippen molar-refractivity contribution in [1.82, 2.24) is 9.46 Å². The van der Waals surface area contributed by atoms with Crippen molar-refractivity contribution in [3.63, 3.8) is 0 Å². The fourth-order valence-electron chi connectivity index (χ4n) is 3.08. The minimum Gasteiger partial charge on any atom is -0.504 e. The number of anilines is 3. The topological polar surface area (TPSA) is 145 Å². The minimum atomic E-state index is -3.88. The molecule has 12 heteroatoms. The number of phenolic OH excluding ortho intramolecular Hbond substituents is 1. The molecule has 0 radical (unpaired) electrons. The second-order valence-corrected chi connectivity index (χ2v) is 10.1. The molecule has 0 unspecified atom stereocenters. The van der Waals surface area contributed by atoms with Crippen LogP contribution in [-0.2, 0) is 10.0 Å². The van der Waals surface area contributed by atoms with Gasteiger partial charge in [-0.15, -0.1) is 0 Å². The number of nitrogens with one attached hydrogen (secondary N) is 2. The lowest BCUT2D eigenvalue weighted by Crippen LogP contribution is -2.33. The second-order valence-electron chi connectivity index (χ2n) is 7.96. The summed E-state index contributed by atoms with van der Waals surface area (Å²) >= 11 is 0. The van der Waals surface area contributed by atoms with E-state index in [1.165, 1.54) is 32.3 Å². The van der Waals surface area contributed by atoms with Gasteiger partial charge in [-0.2, -0.15) is 0 Å². The Balaban J connectivity index is 1.96. The van der Waals surface area contributed by atoms with Gasteiger partial charge in [-0.05, 0) is 43.5 Å². The first-order valence-corrected chi connectivity index (χ1v) is 11.3. The van der Waals surface area contributed by atoms with E-state index in [4.69, 9.17) is 9.05 Å². The van der Waals surface area contributed by atoms with Crippen LogP contribution >= 0.6 is 0 Å². The molecule has 174 valence electrons. The van der Waals surface area contributed by atoms with Crippen molar-refractivity contribution in [3.8, 4) is 5.75 Å². The van der Waals surface area contributed by atoms with Gasteiger partial charge < -0.3 is 20.0 Å². The summed E-state index contributed by atoms with van der Waals surface area (Å²) < 4.78 is 36.6. The molecule has 1 atom stereocenters. The van der Waals surface area contributed by atoms with E-state index in [1.54, 1.807) is 0 Å². The molecule has 0 amide bonds. The normalized spacial score (nSPS) is 13.0. The highest BCUT2D eigenvalue weighted by Crippen LogP contribution is 2.36. The maximum atomic E-state index is 12.5. The van der Waals surface area contributed by atoms with Gasteiger partial charge in [0, 0.05) is 14.1 Å². The number of furan rings is 1. The summed E-state index contributed by atoms with van der Waals surface area (Å²) in [6.07, 6.45) is 0. The molecule has 2 heterocycles. The zero-order chi connectivity index (χ0) is 23.8. The van der Waals surface area contributed by atoms with Gasteiger partial charge in [-0.1, -0.05) is 24.5 Å². The Bertz CT molecular complexity index is 1200. The van der Waals surface area contributed by atoms with Crippen molar-refractivity contribution < 1.29 is 32.7 Å². The van der Waals surface area contributed by atoms with E-state index in [0.717, 1.165) is 15.6 Å². The van der Waals surface area contributed by atoms with Crippen molar-refractivity contribution >= 4 is 27.3 Å². The summed E-state index contributed by atoms with van der Waals surface area (Å²) in [6.45, 7) is 7.77. The average Bonchev–Trinajstić information content (AvgIpc) is 3.22. The molecule has 0 spiro atoms. The molecule has 4 N–H and O–H groups in total. The number of hydrogen-bond donors (Lipinski definition) is 4. The quantitative estimate of drug-likeness (QED) is 0.291. The van der Waals surface area contributed by atoms with Gasteiger partial charge in [-0.3, -0.25) is 5.32 Å². The van der Waals surface area contributed by atoms with E-state index in [1.807, 2.05) is 33.8 Å². The molecule has 3 rings (SSSR count). The predicted molar refractivity (Wildman–Crippen MR) is 116 cm³/mol. The van der Waals surface area contributed by atoms with E-state index in [0.29, 0.717) is 10.7 Å². The number of sulfonamides is 1. The van der Waals surface area contributed by atoms with Gasteiger partial charge in [0.15, 0.2) is 5.75 Å². The van der Waals surface area contributed by atoms with Gasteiger partial charge in [0.1, 0.15) is 32.5 Å². The zero-order valence-corrected chi connectivity index (χ0v) is 19.6. The number of hydrogen-bond acceptors (Lipinski definition) is 9. The molecule has 0 saturated carbocycles. The van der Waals surface area contributed by atoms with Gasteiger partial charge in [0.25, 0.3) is 0 Å². The molecule has 3 aromatic rings. The molecule has 0 aliphatic rings. The third-order valence-electron chi connectivity index (χ3n) is 5.09. The largest absolute Gasteiger partial charge is 0.504 e. The van der Waals surface area contributed by atoms with Crippen LogP contribution in [0, 0.1) is 19.8 Å². The van der Waals surface area contributed by atoms with E-state index in [-0.39, 0.29) is 34.2 Å². The van der Waals surface area contributed by atoms with E-state index >= 15 is 0 Å². The Hall–Kier alpha value is -3.25. The fourth-order valence-corrected chi connectivity index (χ4v) is 4.08. The molecule has 0 saturated heterocycles. The highest BCUT2D eigenvalue weighted by atomic mass is 32.2. The number of benzene rings is 1. The van der Waals surface area contributed by atoms with E-state index in [9.17, 15) is 18.7 Å². The number of aryl methyl sites for hydroxylation is 2. The Morgan fingerprint density at radius 1 is 1.22 bits per heavy atom. The first-order chi connectivity index (χ1) is 14.9. The fraction of sp³-hybridized carbons (Fsp3) is 0.400. The summed E-state index contributed by atoms with van der Waals surface area (Å²) in [5.74, 6) is 1.13. The number of aromatic hydroxyl groups is 1. The smallest absolute Gasteiger partial charge is 0.367 e. The van der Waals surface area contributed by atoms with Crippen LogP contribution in [-0.4, -0.2) is 42.3 Å². The van der Waals surface area contributed by atoms with Crippen LogP contribution in [0.1, 0.15) is 37.0 Å². The minimum absolute atomic E-state index is 0.0350. The van der Waals surface area contributed by atoms with Crippen LogP contribution in [0.3, 0.4) is 0 Å². The predicted octanol–water partition coefficient (Wildman–Crippen LogP) is 2.92. The Labute approximate surface area is 186 Å². The highest BCUT2D eigenvalue weighted by Gasteiger charge is 2.32. The first-order valence-electron chi connectivity index (χ1n) is 9.90. The highest BCUT2D eigenvalue weighted by molar-refractivity contribution is 7.89. The first kappa shape index (κ1) is 23.4. The number of nitrogens with zero attached hydrogens (tertiary/aromatic N) is 3. The van der Waals surface area contributed by atoms with Crippen molar-refractivity contribution in [2.45, 2.75) is 38.6 Å². The van der Waals surface area contributed by atoms with Gasteiger partial charge >= 0.3 is 11.6 Å². The third kappa shape index (κ3) is 4.36. The van der Waals surface area contributed by atoms with Crippen LogP contribution in [0.2, 0.25) is 0 Å². The molecular weight excluding hydrogens is 438 g/mol. The Morgan fingerprint density at radius 3 is 2.47 bits per heavy atom. The SMILES string of the molecule is Cc1cc([C@H](Nc2c(Nc3cccc(S(=O)(=O)N(C)C)c3O)no[n+]2O)C(C)C)oc1C. The molecular formula is C20H28N5O6S+. The standard InChI is InChI=1S/C20H27N5O6S/c1-11(2)17(15-10-12(3)13(4)30-15)22-20-19(23-31-25(20)27)21-14-8-7-9-16(18(14)26)32(28,29)24(5)6/h7-11,17,27H,1-6H3,(H2,21,22,23,26)/p+1/t17-/m1/s1. The van der Waals surface area contributed by atoms with E-state index in [2.05, 4.69) is 15.8 Å². The van der Waals surface area contributed by atoms with Crippen LogP contribution in [0.15, 0.2) is 38.2 Å². The molecule has 32 heavy (non-hydrogen) atoms. The summed E-state index contributed by atoms with van der Waals surface area (Å²) in [4.78, 5) is 0.168. The van der Waals surface area contributed by atoms with Crippen molar-refractivity contribution in [2.75, 3.05) is 24.7 Å². The lowest BCUT2D eigenvalue weighted by atomic mass is 10.0.